The number of nitrogens with two attached hydrogens (primary N) is 1. The molecule has 26 heavy (non-hydrogen) atoms. The second kappa shape index (κ2) is 19.7. The highest BCUT2D eigenvalue weighted by atomic mass is 16.3. The van der Waals surface area contributed by atoms with E-state index in [9.17, 15) is 4.79 Å². The maximum Gasteiger partial charge on any atom is 0.217 e. The molecule has 0 aromatic heterocycles. The van der Waals surface area contributed by atoms with Gasteiger partial charge in [0.15, 0.2) is 0 Å². The Morgan fingerprint density at radius 1 is 0.808 bits per heavy atom. The summed E-state index contributed by atoms with van der Waals surface area (Å²) in [6.07, 6.45) is 28.7. The second-order valence-corrected chi connectivity index (χ2v) is 6.88. The normalized spacial score (nSPS) is 13.6. The monoisotopic (exact) mass is 361 g/mol. The number of primary amides is 1. The molecule has 0 saturated carbocycles. The molecule has 1 amide bonds. The summed E-state index contributed by atoms with van der Waals surface area (Å²) in [6.45, 7) is 2.42. The van der Waals surface area contributed by atoms with E-state index >= 15 is 0 Å². The van der Waals surface area contributed by atoms with Crippen molar-refractivity contribution >= 4 is 5.91 Å². The number of allylic oxidation sites excluding steroid dienone is 8. The van der Waals surface area contributed by atoms with E-state index in [0.717, 1.165) is 44.9 Å². The number of amides is 1. The molecule has 0 radical (unpaired) electrons. The van der Waals surface area contributed by atoms with Crippen molar-refractivity contribution in [2.24, 2.45) is 11.7 Å². The zero-order valence-corrected chi connectivity index (χ0v) is 16.6. The first kappa shape index (κ1) is 24.4. The van der Waals surface area contributed by atoms with E-state index in [1.807, 2.05) is 0 Å². The van der Waals surface area contributed by atoms with Gasteiger partial charge in [-0.2, -0.15) is 0 Å². The van der Waals surface area contributed by atoms with Gasteiger partial charge in [0.05, 0.1) is 0 Å². The fourth-order valence-electron chi connectivity index (χ4n) is 2.47. The van der Waals surface area contributed by atoms with Crippen LogP contribution >= 0.6 is 0 Å². The minimum Gasteiger partial charge on any atom is -0.396 e. The van der Waals surface area contributed by atoms with Crippen molar-refractivity contribution in [2.75, 3.05) is 6.61 Å². The Morgan fingerprint density at radius 3 is 1.81 bits per heavy atom. The maximum absolute atomic E-state index is 10.6. The Labute approximate surface area is 160 Å². The summed E-state index contributed by atoms with van der Waals surface area (Å²) < 4.78 is 0. The Balaban J connectivity index is 3.41. The van der Waals surface area contributed by atoms with E-state index in [-0.39, 0.29) is 5.91 Å². The van der Waals surface area contributed by atoms with Gasteiger partial charge in [0, 0.05) is 13.0 Å². The number of aliphatic hydroxyl groups is 1. The van der Waals surface area contributed by atoms with Crippen LogP contribution in [-0.2, 0) is 4.79 Å². The standard InChI is InChI=1S/C23H39NO2/c1-22(21-25)19-17-15-13-11-9-7-5-3-2-4-6-8-10-12-14-16-18-20-23(24)26/h2-3,6-9,12,14,22,25H,4-5,10-11,13,15-21H2,1H3,(H2,24,26)/b3-2-,8-6-,9-7-,14-12-/t22-/m1/s1. The average molecular weight is 362 g/mol. The van der Waals surface area contributed by atoms with Gasteiger partial charge in [0.2, 0.25) is 5.91 Å². The van der Waals surface area contributed by atoms with Crippen LogP contribution in [0.2, 0.25) is 0 Å². The Kier molecular flexibility index (Phi) is 18.5. The van der Waals surface area contributed by atoms with Gasteiger partial charge in [-0.1, -0.05) is 68.4 Å². The van der Waals surface area contributed by atoms with E-state index in [4.69, 9.17) is 10.8 Å². The van der Waals surface area contributed by atoms with Crippen LogP contribution in [0, 0.1) is 5.92 Å². The minimum atomic E-state index is -0.219. The number of aliphatic hydroxyl groups excluding tert-OH is 1. The van der Waals surface area contributed by atoms with E-state index in [1.54, 1.807) is 0 Å². The third kappa shape index (κ3) is 20.4. The molecule has 0 bridgehead atoms. The molecule has 0 saturated heterocycles. The number of rotatable bonds is 17. The number of carbonyl (C=O) groups excluding carboxylic acids is 1. The largest absolute Gasteiger partial charge is 0.396 e. The number of hydrogen-bond donors (Lipinski definition) is 2. The van der Waals surface area contributed by atoms with Gasteiger partial charge in [0.25, 0.3) is 0 Å². The molecule has 0 aromatic rings. The number of carbonyl (C=O) groups is 1. The predicted molar refractivity (Wildman–Crippen MR) is 113 cm³/mol. The molecule has 3 nitrogen and oxygen atoms in total. The molecule has 0 spiro atoms. The molecule has 0 unspecified atom stereocenters. The van der Waals surface area contributed by atoms with Crippen LogP contribution in [0.15, 0.2) is 48.6 Å². The van der Waals surface area contributed by atoms with Crippen LogP contribution in [0.4, 0.5) is 0 Å². The third-order valence-electron chi connectivity index (χ3n) is 4.16. The average Bonchev–Trinajstić information content (AvgIpc) is 2.63. The molecule has 0 fully saturated rings. The summed E-state index contributed by atoms with van der Waals surface area (Å²) in [5, 5.41) is 8.96. The molecule has 0 aromatic carbocycles. The van der Waals surface area contributed by atoms with Gasteiger partial charge in [-0.05, 0) is 57.3 Å². The van der Waals surface area contributed by atoms with Crippen LogP contribution in [0.25, 0.3) is 0 Å². The van der Waals surface area contributed by atoms with Gasteiger partial charge >= 0.3 is 0 Å². The molecule has 0 aliphatic heterocycles. The Bertz CT molecular complexity index is 435. The van der Waals surface area contributed by atoms with Crippen molar-refractivity contribution in [3.8, 4) is 0 Å². The molecule has 1 atom stereocenters. The van der Waals surface area contributed by atoms with Crippen molar-refractivity contribution in [3.05, 3.63) is 48.6 Å². The van der Waals surface area contributed by atoms with Crippen molar-refractivity contribution in [1.82, 2.24) is 0 Å². The summed E-state index contributed by atoms with van der Waals surface area (Å²) in [7, 11) is 0. The van der Waals surface area contributed by atoms with E-state index in [2.05, 4.69) is 55.5 Å². The lowest BCUT2D eigenvalue weighted by atomic mass is 10.0. The summed E-state index contributed by atoms with van der Waals surface area (Å²) in [5.74, 6) is 0.234. The zero-order chi connectivity index (χ0) is 19.3. The molecule has 148 valence electrons. The summed E-state index contributed by atoms with van der Waals surface area (Å²) in [5.41, 5.74) is 5.09. The number of hydrogen-bond acceptors (Lipinski definition) is 2. The second-order valence-electron chi connectivity index (χ2n) is 6.88. The van der Waals surface area contributed by atoms with E-state index in [1.165, 1.54) is 19.3 Å². The summed E-state index contributed by atoms with van der Waals surface area (Å²) in [4.78, 5) is 10.6. The number of unbranched alkanes of at least 4 members (excludes halogenated alkanes) is 4. The third-order valence-corrected chi connectivity index (χ3v) is 4.16. The first-order valence-corrected chi connectivity index (χ1v) is 10.2. The molecular formula is C23H39NO2. The van der Waals surface area contributed by atoms with Crippen molar-refractivity contribution in [3.63, 3.8) is 0 Å². The fraction of sp³-hybridized carbons (Fsp3) is 0.609. The Hall–Kier alpha value is -1.61. The molecule has 3 heteroatoms. The van der Waals surface area contributed by atoms with Crippen LogP contribution in [0.1, 0.15) is 77.6 Å². The predicted octanol–water partition coefficient (Wildman–Crippen LogP) is 5.62. The molecule has 0 heterocycles. The van der Waals surface area contributed by atoms with Crippen LogP contribution in [0.5, 0.6) is 0 Å². The van der Waals surface area contributed by atoms with Gasteiger partial charge in [-0.25, -0.2) is 0 Å². The van der Waals surface area contributed by atoms with Crippen LogP contribution in [0.3, 0.4) is 0 Å². The SMILES string of the molecule is C[C@@H](CO)CCCCC/C=C\C/C=C\C/C=C\C/C=C\CCCC(N)=O. The van der Waals surface area contributed by atoms with Gasteiger partial charge in [0.1, 0.15) is 0 Å². The molecule has 0 aliphatic rings. The highest BCUT2D eigenvalue weighted by Gasteiger charge is 1.98. The minimum absolute atomic E-state index is 0.219. The Morgan fingerprint density at radius 2 is 1.31 bits per heavy atom. The maximum atomic E-state index is 10.6. The highest BCUT2D eigenvalue weighted by Crippen LogP contribution is 2.10. The summed E-state index contributed by atoms with van der Waals surface area (Å²) in [6, 6.07) is 0. The lowest BCUT2D eigenvalue weighted by Crippen LogP contribution is -2.09. The summed E-state index contributed by atoms with van der Waals surface area (Å²) >= 11 is 0. The lowest BCUT2D eigenvalue weighted by molar-refractivity contribution is -0.118. The van der Waals surface area contributed by atoms with Crippen LogP contribution in [-0.4, -0.2) is 17.6 Å². The van der Waals surface area contributed by atoms with E-state index < -0.39 is 0 Å². The molecular weight excluding hydrogens is 322 g/mol. The van der Waals surface area contributed by atoms with Crippen LogP contribution < -0.4 is 5.73 Å². The molecule has 0 aliphatic carbocycles. The lowest BCUT2D eigenvalue weighted by Gasteiger charge is -2.05. The van der Waals surface area contributed by atoms with Crippen molar-refractivity contribution in [2.45, 2.75) is 77.6 Å². The molecule has 3 N–H and O–H groups in total. The first-order valence-electron chi connectivity index (χ1n) is 10.2. The van der Waals surface area contributed by atoms with E-state index in [0.29, 0.717) is 18.9 Å². The first-order chi connectivity index (χ1) is 12.7. The molecule has 0 rings (SSSR count). The quantitative estimate of drug-likeness (QED) is 0.261. The van der Waals surface area contributed by atoms with Crippen molar-refractivity contribution in [1.29, 1.82) is 0 Å². The van der Waals surface area contributed by atoms with Gasteiger partial charge < -0.3 is 10.8 Å². The van der Waals surface area contributed by atoms with Gasteiger partial charge in [-0.3, -0.25) is 4.79 Å². The zero-order valence-electron chi connectivity index (χ0n) is 16.6. The van der Waals surface area contributed by atoms with Gasteiger partial charge in [-0.15, -0.1) is 0 Å². The fourth-order valence-corrected chi connectivity index (χ4v) is 2.47. The highest BCUT2D eigenvalue weighted by molar-refractivity contribution is 5.73. The topological polar surface area (TPSA) is 63.3 Å². The smallest absolute Gasteiger partial charge is 0.217 e. The van der Waals surface area contributed by atoms with Crippen molar-refractivity contribution < 1.29 is 9.90 Å².